The van der Waals surface area contributed by atoms with Crippen molar-refractivity contribution in [3.63, 3.8) is 0 Å². The summed E-state index contributed by atoms with van der Waals surface area (Å²) in [6, 6.07) is 0. The molecule has 0 unspecified atom stereocenters. The topological polar surface area (TPSA) is 43.4 Å². The highest BCUT2D eigenvalue weighted by atomic mass is 32.2. The van der Waals surface area contributed by atoms with E-state index in [0.717, 1.165) is 6.26 Å². The maximum Gasteiger partial charge on any atom is 0.275 e. The van der Waals surface area contributed by atoms with Crippen LogP contribution in [-0.4, -0.2) is 25.2 Å². The van der Waals surface area contributed by atoms with Crippen LogP contribution in [-0.2, 0) is 14.0 Å². The lowest BCUT2D eigenvalue weighted by Gasteiger charge is -1.84. The summed E-state index contributed by atoms with van der Waals surface area (Å²) in [6.07, 6.45) is 0.944. The van der Waals surface area contributed by atoms with E-state index < -0.39 is 10.1 Å². The minimum Gasteiger partial charge on any atom is -0.317 e. The second kappa shape index (κ2) is 1.72. The minimum absolute atomic E-state index is 0.944. The smallest absolute Gasteiger partial charge is 0.275 e. The van der Waals surface area contributed by atoms with Crippen molar-refractivity contribution in [2.24, 2.45) is 0 Å². The Kier molecular flexibility index (Phi) is 1.76. The van der Waals surface area contributed by atoms with Crippen LogP contribution in [0.5, 0.6) is 0 Å². The van der Waals surface area contributed by atoms with Gasteiger partial charge >= 0.3 is 0 Å². The average Bonchev–Trinajstić information content (AvgIpc) is 1.35. The van der Waals surface area contributed by atoms with Crippen molar-refractivity contribution in [3.05, 3.63) is 0 Å². The summed E-state index contributed by atoms with van der Waals surface area (Å²) < 4.78 is 23.2. The van der Waals surface area contributed by atoms with Crippen LogP contribution in [0.25, 0.3) is 0 Å². The lowest BCUT2D eigenvalue weighted by atomic mass is 12.0. The Labute approximate surface area is 40.0 Å². The highest BCUT2D eigenvalue weighted by Crippen LogP contribution is 1.74. The van der Waals surface area contributed by atoms with Gasteiger partial charge in [-0.2, -0.15) is 0 Å². The second-order valence-electron chi connectivity index (χ2n) is 0.787. The third-order valence-corrected chi connectivity index (χ3v) is 1.36. The summed E-state index contributed by atoms with van der Waals surface area (Å²) in [5.41, 5.74) is 0. The zero-order valence-corrected chi connectivity index (χ0v) is 4.95. The largest absolute Gasteiger partial charge is 0.317 e. The molecule has 0 fully saturated rings. The Bertz CT molecular complexity index is 113. The van der Waals surface area contributed by atoms with Gasteiger partial charge in [0.15, 0.2) is 0 Å². The van der Waals surface area contributed by atoms with Crippen LogP contribution in [0.1, 0.15) is 0 Å². The predicted octanol–water partition coefficient (Wildman–Crippen LogP) is -0.954. The van der Waals surface area contributed by atoms with Gasteiger partial charge in [-0.1, -0.05) is 0 Å². The molecular weight excluding hydrogens is 120 g/mol. The second-order valence-corrected chi connectivity index (χ2v) is 2.86. The van der Waals surface area contributed by atoms with Crippen LogP contribution in [0.4, 0.5) is 0 Å². The summed E-state index contributed by atoms with van der Waals surface area (Å²) >= 11 is 0. The molecule has 3 nitrogen and oxygen atoms in total. The molecule has 0 atom stereocenters. The minimum atomic E-state index is -3.25. The fourth-order valence-corrected chi connectivity index (χ4v) is 0. The van der Waals surface area contributed by atoms with Gasteiger partial charge in [-0.25, -0.2) is 8.42 Å². The molecule has 6 heavy (non-hydrogen) atoms. The highest BCUT2D eigenvalue weighted by molar-refractivity contribution is 7.86. The van der Waals surface area contributed by atoms with Crippen molar-refractivity contribution in [3.8, 4) is 0 Å². The molecule has 0 aromatic heterocycles. The molecule has 0 rings (SSSR count). The van der Waals surface area contributed by atoms with Gasteiger partial charge in [-0.05, 0) is 0 Å². The van der Waals surface area contributed by atoms with Gasteiger partial charge in [0.25, 0.3) is 20.6 Å². The first-order valence-electron chi connectivity index (χ1n) is 1.11. The first-order chi connectivity index (χ1) is 2.56. The molecular formula is CH3O3SSi. The number of rotatable bonds is 1. The van der Waals surface area contributed by atoms with E-state index >= 15 is 0 Å². The normalized spacial score (nSPS) is 11.7. The fourth-order valence-electron chi connectivity index (χ4n) is 0. The van der Waals surface area contributed by atoms with E-state index in [1.807, 2.05) is 0 Å². The van der Waals surface area contributed by atoms with Crippen molar-refractivity contribution in [2.75, 3.05) is 6.26 Å². The van der Waals surface area contributed by atoms with E-state index in [2.05, 4.69) is 14.4 Å². The van der Waals surface area contributed by atoms with Crippen molar-refractivity contribution in [1.29, 1.82) is 0 Å². The van der Waals surface area contributed by atoms with E-state index in [1.54, 1.807) is 0 Å². The maximum atomic E-state index is 9.73. The molecule has 0 heterocycles. The first-order valence-corrected chi connectivity index (χ1v) is 3.34. The van der Waals surface area contributed by atoms with Crippen LogP contribution in [0.3, 0.4) is 0 Å². The molecule has 0 aliphatic rings. The predicted molar refractivity (Wildman–Crippen MR) is 21.7 cm³/mol. The lowest BCUT2D eigenvalue weighted by Crippen LogP contribution is -1.97. The third kappa shape index (κ3) is 4.13. The summed E-state index contributed by atoms with van der Waals surface area (Å²) in [4.78, 5) is 0. The summed E-state index contributed by atoms with van der Waals surface area (Å²) in [7, 11) is -0.924. The fraction of sp³-hybridized carbons (Fsp3) is 1.00. The molecule has 5 heteroatoms. The molecule has 35 valence electrons. The molecule has 0 saturated carbocycles. The zero-order chi connectivity index (χ0) is 5.21. The SMILES string of the molecule is CS(=O)(=O)O[Si]. The Morgan fingerprint density at radius 2 is 1.83 bits per heavy atom. The van der Waals surface area contributed by atoms with Gasteiger partial charge in [0.05, 0.1) is 6.26 Å². The van der Waals surface area contributed by atoms with E-state index in [1.165, 1.54) is 0 Å². The molecule has 0 aromatic carbocycles. The summed E-state index contributed by atoms with van der Waals surface area (Å²) in [5, 5.41) is 0. The van der Waals surface area contributed by atoms with Gasteiger partial charge < -0.3 is 3.87 Å². The summed E-state index contributed by atoms with van der Waals surface area (Å²) in [5.74, 6) is 0. The Morgan fingerprint density at radius 1 is 1.67 bits per heavy atom. The van der Waals surface area contributed by atoms with Gasteiger partial charge in [-0.3, -0.25) is 0 Å². The van der Waals surface area contributed by atoms with E-state index in [-0.39, 0.29) is 0 Å². The molecule has 0 N–H and O–H groups in total. The molecule has 0 bridgehead atoms. The standard InChI is InChI=1S/CH3O3SSi/c1-5(2,3)4-6/h1H3. The van der Waals surface area contributed by atoms with Gasteiger partial charge in [0, 0.05) is 0 Å². The molecule has 3 radical (unpaired) electrons. The van der Waals surface area contributed by atoms with Crippen LogP contribution >= 0.6 is 0 Å². The van der Waals surface area contributed by atoms with E-state index in [4.69, 9.17) is 0 Å². The van der Waals surface area contributed by atoms with Crippen molar-refractivity contribution in [2.45, 2.75) is 0 Å². The molecule has 0 spiro atoms. The van der Waals surface area contributed by atoms with Gasteiger partial charge in [-0.15, -0.1) is 0 Å². The first kappa shape index (κ1) is 6.13. The third-order valence-electron chi connectivity index (χ3n) is 0.151. The quantitative estimate of drug-likeness (QED) is 0.422. The highest BCUT2D eigenvalue weighted by Gasteiger charge is 1.90. The monoisotopic (exact) mass is 123 g/mol. The number of hydrogen-bond acceptors (Lipinski definition) is 3. The van der Waals surface area contributed by atoms with E-state index in [9.17, 15) is 8.42 Å². The van der Waals surface area contributed by atoms with Crippen LogP contribution in [0.2, 0.25) is 0 Å². The zero-order valence-electron chi connectivity index (χ0n) is 3.13. The average molecular weight is 123 g/mol. The molecule has 0 saturated heterocycles. The molecule has 0 amide bonds. The van der Waals surface area contributed by atoms with Crippen LogP contribution < -0.4 is 0 Å². The molecule has 0 aliphatic carbocycles. The lowest BCUT2D eigenvalue weighted by molar-refractivity contribution is 0.515. The molecule has 0 aromatic rings. The Hall–Kier alpha value is 0.127. The van der Waals surface area contributed by atoms with Crippen LogP contribution in [0.15, 0.2) is 0 Å². The summed E-state index contributed by atoms with van der Waals surface area (Å²) in [6.45, 7) is 0. The Balaban J connectivity index is 3.85. The molecule has 0 aliphatic heterocycles. The Morgan fingerprint density at radius 3 is 1.83 bits per heavy atom. The van der Waals surface area contributed by atoms with Crippen LogP contribution in [0, 0.1) is 0 Å². The number of hydrogen-bond donors (Lipinski definition) is 0. The van der Waals surface area contributed by atoms with Gasteiger partial charge in [0.2, 0.25) is 0 Å². The van der Waals surface area contributed by atoms with Crippen molar-refractivity contribution in [1.82, 2.24) is 0 Å². The van der Waals surface area contributed by atoms with Crippen molar-refractivity contribution >= 4 is 20.6 Å². The van der Waals surface area contributed by atoms with Gasteiger partial charge in [0.1, 0.15) is 0 Å². The van der Waals surface area contributed by atoms with E-state index in [0.29, 0.717) is 0 Å². The van der Waals surface area contributed by atoms with Crippen molar-refractivity contribution < 1.29 is 12.3 Å². The maximum absolute atomic E-state index is 9.73.